The molecule has 0 aromatic heterocycles. The summed E-state index contributed by atoms with van der Waals surface area (Å²) in [5, 5.41) is 10.4. The summed E-state index contributed by atoms with van der Waals surface area (Å²) in [6, 6.07) is 5.47. The van der Waals surface area contributed by atoms with Gasteiger partial charge in [-0.05, 0) is 12.1 Å². The predicted octanol–water partition coefficient (Wildman–Crippen LogP) is 1.11. The molecule has 0 heterocycles. The third-order valence-electron chi connectivity index (χ3n) is 1.74. The van der Waals surface area contributed by atoms with Crippen molar-refractivity contribution in [1.82, 2.24) is 4.47 Å². The fourth-order valence-corrected chi connectivity index (χ4v) is 1.70. The maximum absolute atomic E-state index is 11.6. The van der Waals surface area contributed by atoms with Crippen LogP contribution in [0.15, 0.2) is 29.2 Å². The van der Waals surface area contributed by atoms with Gasteiger partial charge in [0.2, 0.25) is 0 Å². The molecule has 0 spiro atoms. The normalized spacial score (nSPS) is 12.7. The van der Waals surface area contributed by atoms with Crippen LogP contribution in [0, 0.1) is 10.1 Å². The molecular weight excluding hydrogens is 220 g/mol. The minimum atomic E-state index is -1.46. The second-order valence-electron chi connectivity index (χ2n) is 2.62. The van der Waals surface area contributed by atoms with E-state index in [0.29, 0.717) is 4.90 Å². The fraction of sp³-hybridized carbons (Fsp3) is 0.250. The van der Waals surface area contributed by atoms with E-state index in [1.807, 2.05) is 0 Å². The molecule has 0 aliphatic carbocycles. The van der Waals surface area contributed by atoms with E-state index in [1.54, 1.807) is 0 Å². The molecule has 6 nitrogen and oxygen atoms in total. The van der Waals surface area contributed by atoms with Crippen LogP contribution < -0.4 is 0 Å². The predicted molar refractivity (Wildman–Crippen MR) is 54.3 cm³/mol. The molecule has 0 unspecified atom stereocenters. The molecule has 0 amide bonds. The van der Waals surface area contributed by atoms with Crippen molar-refractivity contribution in [2.24, 2.45) is 0 Å². The first-order valence-corrected chi connectivity index (χ1v) is 5.11. The summed E-state index contributed by atoms with van der Waals surface area (Å²) < 4.78 is 12.8. The zero-order valence-corrected chi connectivity index (χ0v) is 9.06. The van der Waals surface area contributed by atoms with Crippen molar-refractivity contribution in [1.29, 1.82) is 0 Å². The second kappa shape index (κ2) is 4.96. The number of nitro groups is 1. The smallest absolute Gasteiger partial charge is 0.269 e. The zero-order valence-electron chi connectivity index (χ0n) is 8.25. The van der Waals surface area contributed by atoms with Crippen LogP contribution in [0.1, 0.15) is 0 Å². The molecule has 0 aliphatic heterocycles. The van der Waals surface area contributed by atoms with E-state index < -0.39 is 15.9 Å². The van der Waals surface area contributed by atoms with E-state index in [4.69, 9.17) is 4.84 Å². The Morgan fingerprint density at radius 2 is 1.93 bits per heavy atom. The molecule has 82 valence electrons. The van der Waals surface area contributed by atoms with Gasteiger partial charge < -0.3 is 0 Å². The standard InChI is InChI=1S/C8H10N2O4S/c1-9(14-2)15(13)8-5-3-7(4-6-8)10(11)12/h3-6H,1-2H3/t15-/m0/s1. The number of non-ortho nitro benzene ring substituents is 1. The number of benzene rings is 1. The molecule has 7 heteroatoms. The van der Waals surface area contributed by atoms with Crippen LogP contribution in [0.5, 0.6) is 0 Å². The largest absolute Gasteiger partial charge is 0.290 e. The van der Waals surface area contributed by atoms with Crippen LogP contribution in [0.3, 0.4) is 0 Å². The van der Waals surface area contributed by atoms with Crippen molar-refractivity contribution in [3.8, 4) is 0 Å². The zero-order chi connectivity index (χ0) is 11.4. The summed E-state index contributed by atoms with van der Waals surface area (Å²) in [4.78, 5) is 15.1. The van der Waals surface area contributed by atoms with E-state index >= 15 is 0 Å². The van der Waals surface area contributed by atoms with Crippen molar-refractivity contribution in [2.45, 2.75) is 4.90 Å². The lowest BCUT2D eigenvalue weighted by atomic mass is 10.3. The van der Waals surface area contributed by atoms with Gasteiger partial charge in [0.25, 0.3) is 5.69 Å². The van der Waals surface area contributed by atoms with Gasteiger partial charge in [-0.15, -0.1) is 4.47 Å². The van der Waals surface area contributed by atoms with Crippen LogP contribution in [0.4, 0.5) is 5.69 Å². The molecule has 0 aliphatic rings. The molecule has 0 saturated heterocycles. The maximum atomic E-state index is 11.6. The summed E-state index contributed by atoms with van der Waals surface area (Å²) in [5.74, 6) is 0. The Morgan fingerprint density at radius 3 is 2.33 bits per heavy atom. The lowest BCUT2D eigenvalue weighted by molar-refractivity contribution is -0.384. The molecule has 0 radical (unpaired) electrons. The first kappa shape index (κ1) is 11.8. The highest BCUT2D eigenvalue weighted by molar-refractivity contribution is 7.82. The van der Waals surface area contributed by atoms with Crippen LogP contribution in [0.25, 0.3) is 0 Å². The van der Waals surface area contributed by atoms with Gasteiger partial charge in [0.15, 0.2) is 11.0 Å². The second-order valence-corrected chi connectivity index (χ2v) is 4.11. The highest BCUT2D eigenvalue weighted by Gasteiger charge is 2.11. The van der Waals surface area contributed by atoms with Gasteiger partial charge in [0, 0.05) is 19.2 Å². The van der Waals surface area contributed by atoms with E-state index in [-0.39, 0.29) is 5.69 Å². The Balaban J connectivity index is 2.89. The van der Waals surface area contributed by atoms with E-state index in [1.165, 1.54) is 38.4 Å². The van der Waals surface area contributed by atoms with Crippen LogP contribution in [-0.2, 0) is 15.8 Å². The highest BCUT2D eigenvalue weighted by Crippen LogP contribution is 2.15. The van der Waals surface area contributed by atoms with Crippen molar-refractivity contribution >= 4 is 16.7 Å². The van der Waals surface area contributed by atoms with Gasteiger partial charge in [-0.1, -0.05) is 0 Å². The van der Waals surface area contributed by atoms with Crippen LogP contribution in [-0.4, -0.2) is 27.8 Å². The Bertz CT molecular complexity index is 379. The van der Waals surface area contributed by atoms with Crippen molar-refractivity contribution < 1.29 is 14.0 Å². The monoisotopic (exact) mass is 230 g/mol. The van der Waals surface area contributed by atoms with Gasteiger partial charge in [0.1, 0.15) is 0 Å². The lowest BCUT2D eigenvalue weighted by Crippen LogP contribution is -2.19. The van der Waals surface area contributed by atoms with Crippen LogP contribution >= 0.6 is 0 Å². The number of hydrogen-bond donors (Lipinski definition) is 0. The van der Waals surface area contributed by atoms with Crippen molar-refractivity contribution in [3.05, 3.63) is 34.4 Å². The molecule has 0 fully saturated rings. The first-order valence-electron chi connectivity index (χ1n) is 4.00. The van der Waals surface area contributed by atoms with Gasteiger partial charge in [-0.2, -0.15) is 0 Å². The van der Waals surface area contributed by atoms with Crippen molar-refractivity contribution in [3.63, 3.8) is 0 Å². The number of hydroxylamine groups is 1. The molecule has 1 aromatic carbocycles. The number of hydrogen-bond acceptors (Lipinski definition) is 4. The van der Waals surface area contributed by atoms with E-state index in [0.717, 1.165) is 4.47 Å². The third-order valence-corrected chi connectivity index (χ3v) is 3.03. The molecule has 0 N–H and O–H groups in total. The summed E-state index contributed by atoms with van der Waals surface area (Å²) in [7, 11) is 1.44. The quantitative estimate of drug-likeness (QED) is 0.573. The summed E-state index contributed by atoms with van der Waals surface area (Å²) in [6.45, 7) is 0. The Hall–Kier alpha value is -1.31. The average molecular weight is 230 g/mol. The molecule has 0 saturated carbocycles. The highest BCUT2D eigenvalue weighted by atomic mass is 32.2. The Labute approximate surface area is 89.2 Å². The minimum absolute atomic E-state index is 0.0316. The average Bonchev–Trinajstić information content (AvgIpc) is 2.27. The molecule has 1 rings (SSSR count). The third kappa shape index (κ3) is 2.82. The summed E-state index contributed by atoms with van der Waals surface area (Å²) in [6.07, 6.45) is 0. The van der Waals surface area contributed by atoms with Gasteiger partial charge >= 0.3 is 0 Å². The Kier molecular flexibility index (Phi) is 3.89. The van der Waals surface area contributed by atoms with Gasteiger partial charge in [-0.3, -0.25) is 15.0 Å². The molecule has 1 atom stereocenters. The lowest BCUT2D eigenvalue weighted by Gasteiger charge is -2.11. The maximum Gasteiger partial charge on any atom is 0.269 e. The SMILES string of the molecule is CON(C)[S@@](=O)c1ccc([N+](=O)[O-])cc1. The molecule has 1 aromatic rings. The van der Waals surface area contributed by atoms with E-state index in [2.05, 4.69) is 0 Å². The minimum Gasteiger partial charge on any atom is -0.290 e. The number of rotatable bonds is 4. The van der Waals surface area contributed by atoms with Crippen molar-refractivity contribution in [2.75, 3.05) is 14.2 Å². The number of nitro benzene ring substituents is 1. The molecular formula is C8H10N2O4S. The van der Waals surface area contributed by atoms with E-state index in [9.17, 15) is 14.3 Å². The summed E-state index contributed by atoms with van der Waals surface area (Å²) in [5.41, 5.74) is -0.0316. The van der Waals surface area contributed by atoms with Gasteiger partial charge in [-0.25, -0.2) is 4.21 Å². The first-order chi connectivity index (χ1) is 7.06. The Morgan fingerprint density at radius 1 is 1.40 bits per heavy atom. The molecule has 0 bridgehead atoms. The van der Waals surface area contributed by atoms with Gasteiger partial charge in [0.05, 0.1) is 16.9 Å². The van der Waals surface area contributed by atoms with Crippen LogP contribution in [0.2, 0.25) is 0 Å². The fourth-order valence-electron chi connectivity index (χ4n) is 0.900. The summed E-state index contributed by atoms with van der Waals surface area (Å²) >= 11 is 0. The number of nitrogens with zero attached hydrogens (tertiary/aromatic N) is 2. The topological polar surface area (TPSA) is 72.7 Å². The molecule has 15 heavy (non-hydrogen) atoms.